The normalized spacial score (nSPS) is 15.3. The number of non-ortho nitro benzene ring substituents is 1. The third kappa shape index (κ3) is 3.15. The van der Waals surface area contributed by atoms with Crippen LogP contribution in [0.2, 0.25) is 10.0 Å². The lowest BCUT2D eigenvalue weighted by molar-refractivity contribution is -0.384. The molecule has 0 spiro atoms. The van der Waals surface area contributed by atoms with E-state index >= 15 is 0 Å². The number of rotatable bonds is 3. The summed E-state index contributed by atoms with van der Waals surface area (Å²) >= 11 is 12.1. The summed E-state index contributed by atoms with van der Waals surface area (Å²) in [7, 11) is 0. The molecule has 8 heteroatoms. The van der Waals surface area contributed by atoms with Crippen LogP contribution in [0.3, 0.4) is 0 Å². The lowest BCUT2D eigenvalue weighted by Gasteiger charge is -2.02. The Morgan fingerprint density at radius 1 is 1.12 bits per heavy atom. The zero-order valence-corrected chi connectivity index (χ0v) is 13.4. The molecule has 0 saturated heterocycles. The predicted octanol–water partition coefficient (Wildman–Crippen LogP) is 4.25. The number of cyclic esters (lactones) is 1. The van der Waals surface area contributed by atoms with Gasteiger partial charge in [0.05, 0.1) is 15.5 Å². The van der Waals surface area contributed by atoms with Gasteiger partial charge < -0.3 is 4.74 Å². The highest BCUT2D eigenvalue weighted by Crippen LogP contribution is 2.28. The first-order chi connectivity index (χ1) is 11.5. The van der Waals surface area contributed by atoms with Gasteiger partial charge in [-0.15, -0.1) is 0 Å². The number of nitro benzene ring substituents is 1. The zero-order chi connectivity index (χ0) is 17.3. The molecule has 1 heterocycles. The molecule has 0 aliphatic carbocycles. The van der Waals surface area contributed by atoms with Crippen LogP contribution in [-0.4, -0.2) is 16.8 Å². The van der Waals surface area contributed by atoms with Crippen LogP contribution in [0.25, 0.3) is 6.08 Å². The Bertz CT molecular complexity index is 922. The highest BCUT2D eigenvalue weighted by molar-refractivity contribution is 6.35. The van der Waals surface area contributed by atoms with Gasteiger partial charge in [0.2, 0.25) is 5.90 Å². The van der Waals surface area contributed by atoms with Crippen LogP contribution in [0.15, 0.2) is 53.2 Å². The van der Waals surface area contributed by atoms with Gasteiger partial charge in [-0.1, -0.05) is 41.4 Å². The van der Waals surface area contributed by atoms with Gasteiger partial charge in [0.15, 0.2) is 5.70 Å². The molecule has 2 aromatic carbocycles. The zero-order valence-electron chi connectivity index (χ0n) is 11.9. The molecule has 0 unspecified atom stereocenters. The van der Waals surface area contributed by atoms with Crippen molar-refractivity contribution >= 4 is 46.8 Å². The molecule has 0 saturated carbocycles. The average molecular weight is 363 g/mol. The number of hydrogen-bond donors (Lipinski definition) is 0. The summed E-state index contributed by atoms with van der Waals surface area (Å²) in [6, 6.07) is 10.8. The summed E-state index contributed by atoms with van der Waals surface area (Å²) in [6.45, 7) is 0. The minimum absolute atomic E-state index is 0.0156. The predicted molar refractivity (Wildman–Crippen MR) is 90.2 cm³/mol. The van der Waals surface area contributed by atoms with Crippen molar-refractivity contribution in [1.29, 1.82) is 0 Å². The quantitative estimate of drug-likeness (QED) is 0.353. The topological polar surface area (TPSA) is 81.8 Å². The van der Waals surface area contributed by atoms with Crippen molar-refractivity contribution in [2.24, 2.45) is 4.99 Å². The van der Waals surface area contributed by atoms with Crippen LogP contribution < -0.4 is 0 Å². The van der Waals surface area contributed by atoms with E-state index in [1.54, 1.807) is 24.3 Å². The van der Waals surface area contributed by atoms with E-state index in [2.05, 4.69) is 4.99 Å². The number of aliphatic imine (C=N–C) groups is 1. The fourth-order valence-corrected chi connectivity index (χ4v) is 2.50. The maximum atomic E-state index is 12.0. The lowest BCUT2D eigenvalue weighted by atomic mass is 10.2. The van der Waals surface area contributed by atoms with Crippen LogP contribution >= 0.6 is 23.2 Å². The van der Waals surface area contributed by atoms with E-state index in [-0.39, 0.29) is 27.9 Å². The number of carbonyl (C=O) groups excluding carboxylic acids is 1. The number of nitrogens with zero attached hydrogens (tertiary/aromatic N) is 2. The molecule has 0 N–H and O–H groups in total. The van der Waals surface area contributed by atoms with E-state index in [1.165, 1.54) is 24.3 Å². The van der Waals surface area contributed by atoms with Crippen molar-refractivity contribution < 1.29 is 14.5 Å². The molecule has 1 aliphatic rings. The molecule has 0 aromatic heterocycles. The van der Waals surface area contributed by atoms with Crippen molar-refractivity contribution in [2.75, 3.05) is 0 Å². The number of carbonyl (C=O) groups is 1. The van der Waals surface area contributed by atoms with Gasteiger partial charge in [0.1, 0.15) is 0 Å². The Morgan fingerprint density at radius 2 is 1.88 bits per heavy atom. The van der Waals surface area contributed by atoms with Gasteiger partial charge in [0, 0.05) is 17.2 Å². The molecule has 6 nitrogen and oxygen atoms in total. The molecule has 0 bridgehead atoms. The number of benzene rings is 2. The van der Waals surface area contributed by atoms with Gasteiger partial charge >= 0.3 is 5.97 Å². The summed E-state index contributed by atoms with van der Waals surface area (Å²) in [5.74, 6) is -0.669. The molecule has 0 atom stereocenters. The first kappa shape index (κ1) is 16.2. The SMILES string of the molecule is O=C1OC(c2ccc([N+](=O)[O-])cc2Cl)=N/C1=C\c1ccccc1Cl. The van der Waals surface area contributed by atoms with Crippen molar-refractivity contribution in [3.63, 3.8) is 0 Å². The average Bonchev–Trinajstić information content (AvgIpc) is 2.90. The van der Waals surface area contributed by atoms with Gasteiger partial charge in [-0.2, -0.15) is 0 Å². The molecular weight excluding hydrogens is 355 g/mol. The number of nitro groups is 1. The van der Waals surface area contributed by atoms with Gasteiger partial charge in [0.25, 0.3) is 5.69 Å². The lowest BCUT2D eigenvalue weighted by Crippen LogP contribution is -2.06. The van der Waals surface area contributed by atoms with Crippen LogP contribution in [0.1, 0.15) is 11.1 Å². The first-order valence-electron chi connectivity index (χ1n) is 6.67. The number of ether oxygens (including phenoxy) is 1. The highest BCUT2D eigenvalue weighted by atomic mass is 35.5. The molecule has 24 heavy (non-hydrogen) atoms. The standard InChI is InChI=1S/C16H8Cl2N2O4/c17-12-4-2-1-3-9(12)7-14-16(21)24-15(19-14)11-6-5-10(20(22)23)8-13(11)18/h1-8H/b14-7-. The largest absolute Gasteiger partial charge is 0.402 e. The Morgan fingerprint density at radius 3 is 2.54 bits per heavy atom. The van der Waals surface area contributed by atoms with Crippen molar-refractivity contribution in [3.05, 3.63) is 79.4 Å². The Labute approximate surface area is 146 Å². The number of esters is 1. The van der Waals surface area contributed by atoms with Gasteiger partial charge in [-0.3, -0.25) is 10.1 Å². The van der Waals surface area contributed by atoms with E-state index in [4.69, 9.17) is 27.9 Å². The van der Waals surface area contributed by atoms with Gasteiger partial charge in [-0.25, -0.2) is 9.79 Å². The maximum absolute atomic E-state index is 12.0. The first-order valence-corrected chi connectivity index (χ1v) is 7.42. The Kier molecular flexibility index (Phi) is 4.33. The molecule has 3 rings (SSSR count). The summed E-state index contributed by atoms with van der Waals surface area (Å²) in [4.78, 5) is 26.2. The van der Waals surface area contributed by atoms with Crippen molar-refractivity contribution in [3.8, 4) is 0 Å². The second-order valence-electron chi connectivity index (χ2n) is 4.78. The molecule has 0 radical (unpaired) electrons. The van der Waals surface area contributed by atoms with E-state index in [0.717, 1.165) is 0 Å². The second kappa shape index (κ2) is 6.43. The highest BCUT2D eigenvalue weighted by Gasteiger charge is 2.26. The van der Waals surface area contributed by atoms with Crippen LogP contribution in [0.5, 0.6) is 0 Å². The van der Waals surface area contributed by atoms with Crippen molar-refractivity contribution in [1.82, 2.24) is 0 Å². The monoisotopic (exact) mass is 362 g/mol. The smallest absolute Gasteiger partial charge is 0.363 e. The van der Waals surface area contributed by atoms with E-state index < -0.39 is 10.9 Å². The summed E-state index contributed by atoms with van der Waals surface area (Å²) < 4.78 is 5.10. The molecule has 0 amide bonds. The number of hydrogen-bond acceptors (Lipinski definition) is 5. The third-order valence-corrected chi connectivity index (χ3v) is 3.87. The van der Waals surface area contributed by atoms with Gasteiger partial charge in [-0.05, 0) is 23.8 Å². The minimum atomic E-state index is -0.653. The third-order valence-electron chi connectivity index (χ3n) is 3.21. The van der Waals surface area contributed by atoms with E-state index in [1.807, 2.05) is 0 Å². The fraction of sp³-hybridized carbons (Fsp3) is 0. The Hall–Kier alpha value is -2.70. The van der Waals surface area contributed by atoms with Crippen LogP contribution in [0, 0.1) is 10.1 Å². The molecule has 2 aromatic rings. The summed E-state index contributed by atoms with van der Waals surface area (Å²) in [5, 5.41) is 11.3. The molecule has 120 valence electrons. The van der Waals surface area contributed by atoms with Crippen LogP contribution in [0.4, 0.5) is 5.69 Å². The van der Waals surface area contributed by atoms with Crippen molar-refractivity contribution in [2.45, 2.75) is 0 Å². The summed E-state index contributed by atoms with van der Waals surface area (Å²) in [5.41, 5.74) is 0.803. The molecular formula is C16H8Cl2N2O4. The molecule has 1 aliphatic heterocycles. The molecule has 0 fully saturated rings. The Balaban J connectivity index is 1.98. The summed E-state index contributed by atoms with van der Waals surface area (Å²) in [6.07, 6.45) is 1.50. The maximum Gasteiger partial charge on any atom is 0.363 e. The van der Waals surface area contributed by atoms with Crippen LogP contribution in [-0.2, 0) is 9.53 Å². The van der Waals surface area contributed by atoms with E-state index in [9.17, 15) is 14.9 Å². The minimum Gasteiger partial charge on any atom is -0.402 e. The van der Waals surface area contributed by atoms with E-state index in [0.29, 0.717) is 10.6 Å². The second-order valence-corrected chi connectivity index (χ2v) is 5.59. The number of halogens is 2. The fourth-order valence-electron chi connectivity index (χ4n) is 2.05.